The van der Waals surface area contributed by atoms with Gasteiger partial charge < -0.3 is 129 Å². The quantitative estimate of drug-likeness (QED) is 0.0819. The van der Waals surface area contributed by atoms with E-state index in [1.165, 1.54) is 0 Å². The Bertz CT molecular complexity index is 1200. The van der Waals surface area contributed by atoms with Crippen LogP contribution < -0.4 is 0 Å². The van der Waals surface area contributed by atoms with Gasteiger partial charge in [-0.3, -0.25) is 0 Å². The Kier molecular flexibility index (Phi) is 16.1. The fourth-order valence-corrected chi connectivity index (χ4v) is 6.71. The molecule has 0 aliphatic carbocycles. The van der Waals surface area contributed by atoms with Crippen LogP contribution in [0.5, 0.6) is 0 Å². The van der Waals surface area contributed by atoms with Crippen LogP contribution in [-0.2, 0) is 42.6 Å². The fourth-order valence-electron chi connectivity index (χ4n) is 6.71. The van der Waals surface area contributed by atoms with Crippen LogP contribution in [0.15, 0.2) is 0 Å². The lowest BCUT2D eigenvalue weighted by atomic mass is 9.97. The lowest BCUT2D eigenvalue weighted by Gasteiger charge is -2.46. The zero-order valence-electron chi connectivity index (χ0n) is 29.2. The van der Waals surface area contributed by atoms with Gasteiger partial charge in [-0.15, -0.1) is 0 Å². The van der Waals surface area contributed by atoms with Gasteiger partial charge in [0.2, 0.25) is 0 Å². The predicted molar refractivity (Wildman–Crippen MR) is 167 cm³/mol. The van der Waals surface area contributed by atoms with E-state index in [4.69, 9.17) is 42.6 Å². The molecule has 0 radical (unpaired) electrons. The first-order valence-electron chi connectivity index (χ1n) is 17.6. The molecule has 328 valence electrons. The SMILES string of the molecule is OC[C@H]1OC(OC[C@H]2OC(OC[C@H]3OC(OC[C@H]4OC(O)[C@H](O)[C@@H](O)[C@H]4OC4O[C@H](CO)[C@@H](O)[C@H](O)[C@H]4O)[C@H](O)[C@@H](O)[C@H]3O)[C@H](O)[C@H](O)[C@H]2O)[C@H](O)[C@@H](O)[C@@H]1O. The van der Waals surface area contributed by atoms with Crippen molar-refractivity contribution >= 4 is 0 Å². The molecule has 5 aliphatic heterocycles. The number of aliphatic hydroxyl groups is 17. The molecule has 0 amide bonds. The predicted octanol–water partition coefficient (Wildman–Crippen LogP) is -11.9. The van der Waals surface area contributed by atoms with Gasteiger partial charge in [-0.25, -0.2) is 0 Å². The molecule has 0 saturated carbocycles. The summed E-state index contributed by atoms with van der Waals surface area (Å²) < 4.78 is 48.8. The van der Waals surface area contributed by atoms with Crippen molar-refractivity contribution in [1.82, 2.24) is 0 Å². The van der Waals surface area contributed by atoms with Gasteiger partial charge in [-0.2, -0.15) is 0 Å². The van der Waals surface area contributed by atoms with Crippen LogP contribution in [0.25, 0.3) is 0 Å². The number of ether oxygens (including phenoxy) is 9. The van der Waals surface area contributed by atoms with E-state index < -0.39 is 187 Å². The van der Waals surface area contributed by atoms with E-state index >= 15 is 0 Å². The number of hydrogen-bond donors (Lipinski definition) is 17. The smallest absolute Gasteiger partial charge is 0.187 e. The zero-order chi connectivity index (χ0) is 41.3. The van der Waals surface area contributed by atoms with Crippen molar-refractivity contribution in [3.63, 3.8) is 0 Å². The van der Waals surface area contributed by atoms with E-state index in [2.05, 4.69) is 0 Å². The second kappa shape index (κ2) is 19.6. The number of hydrogen-bond acceptors (Lipinski definition) is 26. The summed E-state index contributed by atoms with van der Waals surface area (Å²) in [4.78, 5) is 0. The highest BCUT2D eigenvalue weighted by Crippen LogP contribution is 2.31. The fraction of sp³-hybridized carbons (Fsp3) is 1.00. The standard InChI is InChI=1S/C30H52O26/c31-1-6-11(33)15(37)21(43)27(52-6)48-3-8-13(35)17(39)22(44)28(54-8)49-4-9-14(36)18(40)23(45)29(55-9)50-5-10-25(19(41)20(42)26(47)51-10)56-30-24(46)16(38)12(34)7(2-32)53-30/h6-47H,1-5H2/t6-,7-,8-,9-,10-,11-,12-,13+,14+,15+,16+,17-,18+,19-,20-,21-,22-,23-,24-,25+,26?,27?,28?,29?,30?/m1/s1. The molecular weight excluding hydrogens is 776 g/mol. The summed E-state index contributed by atoms with van der Waals surface area (Å²) in [6.07, 6.45) is -44.8. The van der Waals surface area contributed by atoms with E-state index in [-0.39, 0.29) is 0 Å². The molecule has 0 aromatic heterocycles. The Morgan fingerprint density at radius 2 is 0.625 bits per heavy atom. The summed E-state index contributed by atoms with van der Waals surface area (Å²) in [6, 6.07) is 0. The minimum atomic E-state index is -2.04. The molecule has 56 heavy (non-hydrogen) atoms. The molecule has 0 aromatic carbocycles. The molecule has 5 heterocycles. The van der Waals surface area contributed by atoms with Gasteiger partial charge >= 0.3 is 0 Å². The Morgan fingerprint density at radius 1 is 0.304 bits per heavy atom. The second-order valence-corrected chi connectivity index (χ2v) is 14.1. The average Bonchev–Trinajstić information content (AvgIpc) is 3.18. The molecule has 5 fully saturated rings. The molecule has 5 rings (SSSR count). The third-order valence-electron chi connectivity index (χ3n) is 10.3. The monoisotopic (exact) mass is 828 g/mol. The Morgan fingerprint density at radius 3 is 1.02 bits per heavy atom. The van der Waals surface area contributed by atoms with Crippen LogP contribution in [0.3, 0.4) is 0 Å². The van der Waals surface area contributed by atoms with Crippen LogP contribution in [0.2, 0.25) is 0 Å². The molecule has 5 aliphatic rings. The molecule has 0 spiro atoms. The van der Waals surface area contributed by atoms with Crippen LogP contribution in [0.1, 0.15) is 0 Å². The van der Waals surface area contributed by atoms with Crippen LogP contribution in [0.4, 0.5) is 0 Å². The molecule has 0 bridgehead atoms. The third kappa shape index (κ3) is 9.61. The highest BCUT2D eigenvalue weighted by Gasteiger charge is 2.53. The van der Waals surface area contributed by atoms with E-state index in [1.54, 1.807) is 0 Å². The molecule has 17 N–H and O–H groups in total. The van der Waals surface area contributed by atoms with Gasteiger partial charge in [-0.1, -0.05) is 0 Å². The Balaban J connectivity index is 1.20. The molecule has 0 aromatic rings. The lowest BCUT2D eigenvalue weighted by molar-refractivity contribution is -0.365. The molecule has 5 saturated heterocycles. The third-order valence-corrected chi connectivity index (χ3v) is 10.3. The summed E-state index contributed by atoms with van der Waals surface area (Å²) in [7, 11) is 0. The van der Waals surface area contributed by atoms with E-state index in [0.717, 1.165) is 0 Å². The molecule has 26 nitrogen and oxygen atoms in total. The van der Waals surface area contributed by atoms with Crippen LogP contribution >= 0.6 is 0 Å². The van der Waals surface area contributed by atoms with Gasteiger partial charge in [0.1, 0.15) is 122 Å². The first kappa shape index (κ1) is 46.0. The summed E-state index contributed by atoms with van der Waals surface area (Å²) in [6.45, 7) is -3.81. The van der Waals surface area contributed by atoms with Gasteiger partial charge in [0, 0.05) is 0 Å². The van der Waals surface area contributed by atoms with Gasteiger partial charge in [0.25, 0.3) is 0 Å². The zero-order valence-corrected chi connectivity index (χ0v) is 29.2. The van der Waals surface area contributed by atoms with Gasteiger partial charge in [0.15, 0.2) is 31.5 Å². The maximum atomic E-state index is 10.7. The van der Waals surface area contributed by atoms with Crippen LogP contribution in [0, 0.1) is 0 Å². The molecular formula is C30H52O26. The Labute approximate surface area is 316 Å². The van der Waals surface area contributed by atoms with Crippen molar-refractivity contribution < 1.29 is 129 Å². The minimum Gasteiger partial charge on any atom is -0.394 e. The highest BCUT2D eigenvalue weighted by molar-refractivity contribution is 4.96. The Hall–Kier alpha value is -1.04. The second-order valence-electron chi connectivity index (χ2n) is 14.1. The summed E-state index contributed by atoms with van der Waals surface area (Å²) in [5.41, 5.74) is 0. The maximum absolute atomic E-state index is 10.7. The van der Waals surface area contributed by atoms with E-state index in [0.29, 0.717) is 0 Å². The largest absolute Gasteiger partial charge is 0.394 e. The summed E-state index contributed by atoms with van der Waals surface area (Å²) >= 11 is 0. The van der Waals surface area contributed by atoms with Crippen molar-refractivity contribution in [1.29, 1.82) is 0 Å². The van der Waals surface area contributed by atoms with Gasteiger partial charge in [-0.05, 0) is 0 Å². The summed E-state index contributed by atoms with van der Waals surface area (Å²) in [5, 5.41) is 174. The first-order chi connectivity index (χ1) is 26.4. The maximum Gasteiger partial charge on any atom is 0.187 e. The number of aliphatic hydroxyl groups excluding tert-OH is 17. The molecule has 25 atom stereocenters. The van der Waals surface area contributed by atoms with Gasteiger partial charge in [0.05, 0.1) is 33.0 Å². The van der Waals surface area contributed by atoms with E-state index in [1.807, 2.05) is 0 Å². The first-order valence-corrected chi connectivity index (χ1v) is 17.6. The van der Waals surface area contributed by atoms with Crippen molar-refractivity contribution in [3.8, 4) is 0 Å². The van der Waals surface area contributed by atoms with Crippen LogP contribution in [-0.4, -0.2) is 273 Å². The molecule has 5 unspecified atom stereocenters. The van der Waals surface area contributed by atoms with E-state index in [9.17, 15) is 86.8 Å². The lowest BCUT2D eigenvalue weighted by Crippen LogP contribution is -2.65. The topological polar surface area (TPSA) is 427 Å². The van der Waals surface area contributed by atoms with Crippen molar-refractivity contribution in [2.45, 2.75) is 154 Å². The average molecular weight is 829 g/mol. The van der Waals surface area contributed by atoms with Crippen molar-refractivity contribution in [3.05, 3.63) is 0 Å². The normalized spacial score (nSPS) is 53.2. The molecule has 26 heteroatoms. The van der Waals surface area contributed by atoms with Crippen molar-refractivity contribution in [2.24, 2.45) is 0 Å². The minimum absolute atomic E-state index is 0.679. The highest BCUT2D eigenvalue weighted by atomic mass is 16.8. The van der Waals surface area contributed by atoms with Crippen molar-refractivity contribution in [2.75, 3.05) is 33.0 Å². The summed E-state index contributed by atoms with van der Waals surface area (Å²) in [5.74, 6) is 0. The number of rotatable bonds is 13.